The number of nitrogens with zero attached hydrogens (tertiary/aromatic N) is 5. The fraction of sp³-hybridized carbons (Fsp3) is 0.182. The number of benzene rings is 2. The van der Waals surface area contributed by atoms with Gasteiger partial charge in [0, 0.05) is 36.8 Å². The monoisotopic (exact) mass is 384 g/mol. The van der Waals surface area contributed by atoms with Crippen molar-refractivity contribution in [3.05, 3.63) is 72.6 Å². The molecule has 5 rings (SSSR count). The van der Waals surface area contributed by atoms with Crippen molar-refractivity contribution in [2.24, 2.45) is 0 Å². The van der Waals surface area contributed by atoms with Crippen LogP contribution in [-0.2, 0) is 11.3 Å². The molecule has 7 heteroatoms. The summed E-state index contributed by atoms with van der Waals surface area (Å²) in [7, 11) is 0. The lowest BCUT2D eigenvalue weighted by atomic mass is 10.1. The van der Waals surface area contributed by atoms with Crippen LogP contribution < -0.4 is 10.2 Å². The van der Waals surface area contributed by atoms with Gasteiger partial charge in [0.15, 0.2) is 0 Å². The van der Waals surface area contributed by atoms with E-state index in [1.54, 1.807) is 4.52 Å². The summed E-state index contributed by atoms with van der Waals surface area (Å²) in [6, 6.07) is 20.1. The maximum Gasteiger partial charge on any atom is 0.254 e. The lowest BCUT2D eigenvalue weighted by Gasteiger charge is -2.16. The average Bonchev–Trinajstić information content (AvgIpc) is 3.42. The SMILES string of the molecule is O=C1CCCN1c1ccc(CNc2cc(-c3ccccc3)nc3ncnn23)cc1. The zero-order valence-electron chi connectivity index (χ0n) is 15.8. The van der Waals surface area contributed by atoms with Gasteiger partial charge in [-0.3, -0.25) is 4.79 Å². The van der Waals surface area contributed by atoms with Crippen LogP contribution >= 0.6 is 0 Å². The summed E-state index contributed by atoms with van der Waals surface area (Å²) in [6.45, 7) is 1.43. The predicted molar refractivity (Wildman–Crippen MR) is 112 cm³/mol. The third kappa shape index (κ3) is 3.42. The van der Waals surface area contributed by atoms with Crippen LogP contribution in [0.1, 0.15) is 18.4 Å². The first-order valence-corrected chi connectivity index (χ1v) is 9.67. The molecule has 0 saturated carbocycles. The van der Waals surface area contributed by atoms with Gasteiger partial charge in [-0.1, -0.05) is 42.5 Å². The lowest BCUT2D eigenvalue weighted by Crippen LogP contribution is -2.23. The Morgan fingerprint density at radius 1 is 1.03 bits per heavy atom. The van der Waals surface area contributed by atoms with Gasteiger partial charge in [-0.15, -0.1) is 0 Å². The molecule has 7 nitrogen and oxygen atoms in total. The molecule has 1 saturated heterocycles. The zero-order valence-corrected chi connectivity index (χ0v) is 15.8. The van der Waals surface area contributed by atoms with Crippen LogP contribution in [0.4, 0.5) is 11.5 Å². The van der Waals surface area contributed by atoms with Crippen molar-refractivity contribution in [3.63, 3.8) is 0 Å². The fourth-order valence-corrected chi connectivity index (χ4v) is 3.60. The largest absolute Gasteiger partial charge is 0.366 e. The van der Waals surface area contributed by atoms with Crippen LogP contribution in [0.5, 0.6) is 0 Å². The molecule has 0 bridgehead atoms. The molecule has 3 heterocycles. The Hall–Kier alpha value is -3.74. The van der Waals surface area contributed by atoms with Crippen LogP contribution in [0.3, 0.4) is 0 Å². The Morgan fingerprint density at radius 3 is 2.62 bits per heavy atom. The number of amides is 1. The molecule has 0 atom stereocenters. The van der Waals surface area contributed by atoms with Gasteiger partial charge in [-0.05, 0) is 24.1 Å². The summed E-state index contributed by atoms with van der Waals surface area (Å²) in [5.41, 5.74) is 3.95. The Morgan fingerprint density at radius 2 is 1.86 bits per heavy atom. The number of fused-ring (bicyclic) bond motifs is 1. The number of carbonyl (C=O) groups excluding carboxylic acids is 1. The van der Waals surface area contributed by atoms with Crippen molar-refractivity contribution in [1.82, 2.24) is 19.6 Å². The molecule has 1 aliphatic rings. The smallest absolute Gasteiger partial charge is 0.254 e. The molecule has 1 aliphatic heterocycles. The molecule has 144 valence electrons. The van der Waals surface area contributed by atoms with E-state index >= 15 is 0 Å². The van der Waals surface area contributed by atoms with Gasteiger partial charge in [0.2, 0.25) is 5.91 Å². The topological polar surface area (TPSA) is 75.4 Å². The minimum atomic E-state index is 0.203. The van der Waals surface area contributed by atoms with E-state index in [4.69, 9.17) is 0 Å². The maximum absolute atomic E-state index is 11.9. The van der Waals surface area contributed by atoms with Gasteiger partial charge in [0.05, 0.1) is 5.69 Å². The molecular weight excluding hydrogens is 364 g/mol. The highest BCUT2D eigenvalue weighted by Crippen LogP contribution is 2.23. The molecule has 1 amide bonds. The van der Waals surface area contributed by atoms with Gasteiger partial charge in [-0.25, -0.2) is 4.98 Å². The Kier molecular flexibility index (Phi) is 4.40. The van der Waals surface area contributed by atoms with Crippen LogP contribution in [-0.4, -0.2) is 32.0 Å². The average molecular weight is 384 g/mol. The zero-order chi connectivity index (χ0) is 19.6. The number of aromatic nitrogens is 4. The normalized spacial score (nSPS) is 13.9. The first-order chi connectivity index (χ1) is 14.3. The highest BCUT2D eigenvalue weighted by Gasteiger charge is 2.21. The second-order valence-electron chi connectivity index (χ2n) is 7.03. The summed E-state index contributed by atoms with van der Waals surface area (Å²) in [5, 5.41) is 7.71. The van der Waals surface area contributed by atoms with Gasteiger partial charge < -0.3 is 10.2 Å². The second-order valence-corrected chi connectivity index (χ2v) is 7.03. The highest BCUT2D eigenvalue weighted by atomic mass is 16.2. The van der Waals surface area contributed by atoms with Crippen LogP contribution in [0.25, 0.3) is 17.0 Å². The quantitative estimate of drug-likeness (QED) is 0.570. The van der Waals surface area contributed by atoms with Gasteiger partial charge >= 0.3 is 0 Å². The summed E-state index contributed by atoms with van der Waals surface area (Å²) in [4.78, 5) is 22.6. The van der Waals surface area contributed by atoms with E-state index in [0.29, 0.717) is 18.7 Å². The minimum Gasteiger partial charge on any atom is -0.366 e. The number of nitrogens with one attached hydrogen (secondary N) is 1. The predicted octanol–water partition coefficient (Wildman–Crippen LogP) is 3.53. The molecule has 0 aliphatic carbocycles. The molecule has 0 radical (unpaired) electrons. The minimum absolute atomic E-state index is 0.203. The van der Waals surface area contributed by atoms with Crippen molar-refractivity contribution in [2.75, 3.05) is 16.8 Å². The Labute approximate surface area is 168 Å². The first-order valence-electron chi connectivity index (χ1n) is 9.67. The summed E-state index contributed by atoms with van der Waals surface area (Å²) in [6.07, 6.45) is 3.08. The second kappa shape index (κ2) is 7.35. The molecule has 0 spiro atoms. The van der Waals surface area contributed by atoms with E-state index in [0.717, 1.165) is 41.3 Å². The van der Waals surface area contributed by atoms with Gasteiger partial charge in [0.25, 0.3) is 5.78 Å². The van der Waals surface area contributed by atoms with Crippen molar-refractivity contribution in [1.29, 1.82) is 0 Å². The Balaban J connectivity index is 1.38. The number of hydrogen-bond donors (Lipinski definition) is 1. The number of rotatable bonds is 5. The van der Waals surface area contributed by atoms with Crippen molar-refractivity contribution in [3.8, 4) is 11.3 Å². The van der Waals surface area contributed by atoms with Crippen molar-refractivity contribution < 1.29 is 4.79 Å². The lowest BCUT2D eigenvalue weighted by molar-refractivity contribution is -0.117. The third-order valence-electron chi connectivity index (χ3n) is 5.12. The van der Waals surface area contributed by atoms with E-state index in [1.807, 2.05) is 65.6 Å². The summed E-state index contributed by atoms with van der Waals surface area (Å²) >= 11 is 0. The molecule has 2 aromatic carbocycles. The molecule has 0 unspecified atom stereocenters. The molecule has 1 fully saturated rings. The van der Waals surface area contributed by atoms with Crippen LogP contribution in [0.2, 0.25) is 0 Å². The standard InChI is InChI=1S/C22H20N6O/c29-21-7-4-12-27(21)18-10-8-16(9-11-18)14-23-20-13-19(17-5-2-1-3-6-17)26-22-24-15-25-28(20)22/h1-3,5-6,8-11,13,15,23H,4,7,12,14H2. The molecular formula is C22H20N6O. The van der Waals surface area contributed by atoms with E-state index in [-0.39, 0.29) is 5.91 Å². The van der Waals surface area contributed by atoms with Gasteiger partial charge in [-0.2, -0.15) is 14.6 Å². The van der Waals surface area contributed by atoms with E-state index in [2.05, 4.69) is 20.4 Å². The summed E-state index contributed by atoms with van der Waals surface area (Å²) < 4.78 is 1.70. The number of anilines is 2. The van der Waals surface area contributed by atoms with Crippen LogP contribution in [0, 0.1) is 0 Å². The van der Waals surface area contributed by atoms with Crippen molar-refractivity contribution >= 4 is 23.2 Å². The van der Waals surface area contributed by atoms with Crippen LogP contribution in [0.15, 0.2) is 67.0 Å². The molecule has 1 N–H and O–H groups in total. The third-order valence-corrected chi connectivity index (χ3v) is 5.12. The molecule has 29 heavy (non-hydrogen) atoms. The van der Waals surface area contributed by atoms with E-state index in [1.165, 1.54) is 6.33 Å². The van der Waals surface area contributed by atoms with Crippen molar-refractivity contribution in [2.45, 2.75) is 19.4 Å². The molecule has 4 aromatic rings. The van der Waals surface area contributed by atoms with Gasteiger partial charge in [0.1, 0.15) is 12.1 Å². The Bertz CT molecular complexity index is 1150. The van der Waals surface area contributed by atoms with E-state index in [9.17, 15) is 4.79 Å². The molecule has 2 aromatic heterocycles. The number of carbonyl (C=O) groups is 1. The maximum atomic E-state index is 11.9. The fourth-order valence-electron chi connectivity index (χ4n) is 3.60. The first kappa shape index (κ1) is 17.4. The number of hydrogen-bond acceptors (Lipinski definition) is 5. The van der Waals surface area contributed by atoms with E-state index < -0.39 is 0 Å². The summed E-state index contributed by atoms with van der Waals surface area (Å²) in [5.74, 6) is 1.58. The highest BCUT2D eigenvalue weighted by molar-refractivity contribution is 5.95.